The van der Waals surface area contributed by atoms with E-state index in [4.69, 9.17) is 4.74 Å². The van der Waals surface area contributed by atoms with Crippen LogP contribution in [0.1, 0.15) is 20.7 Å². The van der Waals surface area contributed by atoms with Crippen LogP contribution in [0.2, 0.25) is 0 Å². The number of benzene rings is 2. The molecule has 2 amide bonds. The molecule has 0 aromatic heterocycles. The molecule has 2 N–H and O–H groups in total. The summed E-state index contributed by atoms with van der Waals surface area (Å²) in [6.07, 6.45) is 0. The number of morpholine rings is 1. The minimum Gasteiger partial charge on any atom is -0.379 e. The molecular formula is C20H21F2N3O3. The largest absolute Gasteiger partial charge is 0.379 e. The third-order valence-corrected chi connectivity index (χ3v) is 4.38. The molecule has 0 saturated carbocycles. The first-order valence-corrected chi connectivity index (χ1v) is 8.98. The fourth-order valence-electron chi connectivity index (χ4n) is 2.83. The smallest absolute Gasteiger partial charge is 0.255 e. The van der Waals surface area contributed by atoms with Gasteiger partial charge in [-0.3, -0.25) is 14.5 Å². The minimum absolute atomic E-state index is 0.129. The predicted octanol–water partition coefficient (Wildman–Crippen LogP) is 2.28. The number of carbonyl (C=O) groups excluding carboxylic acids is 2. The summed E-state index contributed by atoms with van der Waals surface area (Å²) < 4.78 is 31.5. The van der Waals surface area contributed by atoms with Crippen molar-refractivity contribution in [3.63, 3.8) is 0 Å². The van der Waals surface area contributed by atoms with E-state index in [0.717, 1.165) is 31.8 Å². The summed E-state index contributed by atoms with van der Waals surface area (Å²) in [5.74, 6) is -2.84. The van der Waals surface area contributed by atoms with Crippen molar-refractivity contribution in [2.75, 3.05) is 44.7 Å². The van der Waals surface area contributed by atoms with Gasteiger partial charge in [-0.2, -0.15) is 0 Å². The minimum atomic E-state index is -1.05. The molecule has 1 heterocycles. The van der Waals surface area contributed by atoms with Crippen LogP contribution in [0.5, 0.6) is 0 Å². The predicted molar refractivity (Wildman–Crippen MR) is 100 cm³/mol. The van der Waals surface area contributed by atoms with Crippen molar-refractivity contribution < 1.29 is 23.1 Å². The van der Waals surface area contributed by atoms with Crippen molar-refractivity contribution in [1.82, 2.24) is 10.2 Å². The molecule has 0 bridgehead atoms. The lowest BCUT2D eigenvalue weighted by atomic mass is 10.1. The molecule has 1 fully saturated rings. The van der Waals surface area contributed by atoms with E-state index in [1.807, 2.05) is 0 Å². The first kappa shape index (κ1) is 19.9. The lowest BCUT2D eigenvalue weighted by Gasteiger charge is -2.26. The third-order valence-electron chi connectivity index (χ3n) is 4.38. The number of hydrogen-bond acceptors (Lipinski definition) is 4. The molecule has 6 nitrogen and oxygen atoms in total. The van der Waals surface area contributed by atoms with Crippen molar-refractivity contribution in [2.24, 2.45) is 0 Å². The fraction of sp³-hybridized carbons (Fsp3) is 0.300. The van der Waals surface area contributed by atoms with Crippen molar-refractivity contribution in [2.45, 2.75) is 0 Å². The molecule has 0 radical (unpaired) electrons. The topological polar surface area (TPSA) is 70.7 Å². The number of halogens is 2. The summed E-state index contributed by atoms with van der Waals surface area (Å²) in [5, 5.41) is 5.31. The number of anilines is 1. The van der Waals surface area contributed by atoms with Crippen molar-refractivity contribution in [1.29, 1.82) is 0 Å². The van der Waals surface area contributed by atoms with E-state index >= 15 is 0 Å². The van der Waals surface area contributed by atoms with Crippen LogP contribution >= 0.6 is 0 Å². The van der Waals surface area contributed by atoms with Crippen LogP contribution in [0, 0.1) is 11.6 Å². The fourth-order valence-corrected chi connectivity index (χ4v) is 2.83. The molecule has 148 valence electrons. The second-order valence-corrected chi connectivity index (χ2v) is 6.37. The maximum absolute atomic E-state index is 13.3. The lowest BCUT2D eigenvalue weighted by Crippen LogP contribution is -2.41. The van der Waals surface area contributed by atoms with Crippen LogP contribution in [0.3, 0.4) is 0 Å². The van der Waals surface area contributed by atoms with Crippen molar-refractivity contribution in [3.05, 3.63) is 65.2 Å². The van der Waals surface area contributed by atoms with Gasteiger partial charge in [-0.15, -0.1) is 0 Å². The molecular weight excluding hydrogens is 368 g/mol. The maximum atomic E-state index is 13.3. The SMILES string of the molecule is O=C(NCCN1CCOCC1)c1cccc(C(=O)Nc2ccc(F)c(F)c2)c1. The van der Waals surface area contributed by atoms with E-state index in [2.05, 4.69) is 15.5 Å². The highest BCUT2D eigenvalue weighted by Gasteiger charge is 2.13. The Balaban J connectivity index is 1.56. The summed E-state index contributed by atoms with van der Waals surface area (Å²) in [6.45, 7) is 4.30. The Morgan fingerprint density at radius 2 is 1.68 bits per heavy atom. The van der Waals surface area contributed by atoms with Gasteiger partial charge in [-0.05, 0) is 30.3 Å². The zero-order chi connectivity index (χ0) is 19.9. The van der Waals surface area contributed by atoms with Gasteiger partial charge in [0.2, 0.25) is 0 Å². The van der Waals surface area contributed by atoms with E-state index in [1.54, 1.807) is 18.2 Å². The molecule has 1 aliphatic heterocycles. The van der Waals surface area contributed by atoms with Gasteiger partial charge in [0.1, 0.15) is 0 Å². The molecule has 2 aromatic rings. The molecule has 0 atom stereocenters. The zero-order valence-corrected chi connectivity index (χ0v) is 15.2. The van der Waals surface area contributed by atoms with E-state index in [9.17, 15) is 18.4 Å². The van der Waals surface area contributed by atoms with Gasteiger partial charge in [0.15, 0.2) is 11.6 Å². The normalized spacial score (nSPS) is 14.5. The molecule has 0 unspecified atom stereocenters. The Hall–Kier alpha value is -2.84. The van der Waals surface area contributed by atoms with Gasteiger partial charge in [0, 0.05) is 49.1 Å². The van der Waals surface area contributed by atoms with Crippen molar-refractivity contribution in [3.8, 4) is 0 Å². The molecule has 0 spiro atoms. The summed E-state index contributed by atoms with van der Waals surface area (Å²) in [4.78, 5) is 26.9. The first-order chi connectivity index (χ1) is 13.5. The number of hydrogen-bond donors (Lipinski definition) is 2. The van der Waals surface area contributed by atoms with Gasteiger partial charge in [-0.25, -0.2) is 8.78 Å². The van der Waals surface area contributed by atoms with Crippen molar-refractivity contribution >= 4 is 17.5 Å². The van der Waals surface area contributed by atoms with Gasteiger partial charge in [-0.1, -0.05) is 6.07 Å². The molecule has 1 saturated heterocycles. The number of nitrogens with zero attached hydrogens (tertiary/aromatic N) is 1. The monoisotopic (exact) mass is 389 g/mol. The van der Waals surface area contributed by atoms with Crippen LogP contribution in [-0.2, 0) is 4.74 Å². The van der Waals surface area contributed by atoms with Crippen LogP contribution < -0.4 is 10.6 Å². The molecule has 3 rings (SSSR count). The Labute approximate surface area is 161 Å². The summed E-state index contributed by atoms with van der Waals surface area (Å²) >= 11 is 0. The maximum Gasteiger partial charge on any atom is 0.255 e. The molecule has 2 aromatic carbocycles. The van der Waals surface area contributed by atoms with Crippen LogP contribution in [0.4, 0.5) is 14.5 Å². The highest BCUT2D eigenvalue weighted by atomic mass is 19.2. The summed E-state index contributed by atoms with van der Waals surface area (Å²) in [7, 11) is 0. The average molecular weight is 389 g/mol. The highest BCUT2D eigenvalue weighted by Crippen LogP contribution is 2.15. The van der Waals surface area contributed by atoms with Gasteiger partial charge < -0.3 is 15.4 Å². The quantitative estimate of drug-likeness (QED) is 0.795. The molecule has 0 aliphatic carbocycles. The molecule has 1 aliphatic rings. The standard InChI is InChI=1S/C20H21F2N3O3/c21-17-5-4-16(13-18(17)22)24-20(27)15-3-1-2-14(12-15)19(26)23-6-7-25-8-10-28-11-9-25/h1-5,12-13H,6-11H2,(H,23,26)(H,24,27). The first-order valence-electron chi connectivity index (χ1n) is 8.98. The van der Waals surface area contributed by atoms with E-state index in [0.29, 0.717) is 25.3 Å². The zero-order valence-electron chi connectivity index (χ0n) is 15.2. The van der Waals surface area contributed by atoms with Crippen LogP contribution in [0.25, 0.3) is 0 Å². The number of carbonyl (C=O) groups is 2. The van der Waals surface area contributed by atoms with E-state index in [-0.39, 0.29) is 17.2 Å². The second kappa shape index (κ2) is 9.38. The average Bonchev–Trinajstić information content (AvgIpc) is 2.71. The summed E-state index contributed by atoms with van der Waals surface area (Å²) in [5.41, 5.74) is 0.717. The van der Waals surface area contributed by atoms with Crippen LogP contribution in [-0.4, -0.2) is 56.1 Å². The Morgan fingerprint density at radius 3 is 2.39 bits per heavy atom. The Morgan fingerprint density at radius 1 is 0.964 bits per heavy atom. The Bertz CT molecular complexity index is 854. The van der Waals surface area contributed by atoms with Gasteiger partial charge in [0.25, 0.3) is 11.8 Å². The third kappa shape index (κ3) is 5.34. The number of rotatable bonds is 6. The van der Waals surface area contributed by atoms with E-state index < -0.39 is 17.5 Å². The lowest BCUT2D eigenvalue weighted by molar-refractivity contribution is 0.0383. The van der Waals surface area contributed by atoms with E-state index in [1.165, 1.54) is 12.1 Å². The molecule has 8 heteroatoms. The van der Waals surface area contributed by atoms with Crippen LogP contribution in [0.15, 0.2) is 42.5 Å². The number of ether oxygens (including phenoxy) is 1. The number of nitrogens with one attached hydrogen (secondary N) is 2. The summed E-state index contributed by atoms with van der Waals surface area (Å²) in [6, 6.07) is 9.30. The molecule has 28 heavy (non-hydrogen) atoms. The second-order valence-electron chi connectivity index (χ2n) is 6.37. The van der Waals surface area contributed by atoms with Gasteiger partial charge >= 0.3 is 0 Å². The highest BCUT2D eigenvalue weighted by molar-refractivity contribution is 6.06. The van der Waals surface area contributed by atoms with Gasteiger partial charge in [0.05, 0.1) is 13.2 Å². The Kier molecular flexibility index (Phi) is 6.67. The number of amides is 2.